The third-order valence-corrected chi connectivity index (χ3v) is 4.53. The largest absolute Gasteiger partial charge is 0.378 e. The summed E-state index contributed by atoms with van der Waals surface area (Å²) in [5, 5.41) is 2.94. The molecule has 0 unspecified atom stereocenters. The van der Waals surface area contributed by atoms with E-state index in [2.05, 4.69) is 15.3 Å². The number of hydrogen-bond donors (Lipinski definition) is 1. The molecule has 6 nitrogen and oxygen atoms in total. The third-order valence-electron chi connectivity index (χ3n) is 4.53. The van der Waals surface area contributed by atoms with Crippen LogP contribution < -0.4 is 15.1 Å². The average Bonchev–Trinajstić information content (AvgIpc) is 2.73. The molecule has 0 aliphatic carbocycles. The number of carbonyl (C=O) groups excluding carboxylic acids is 1. The van der Waals surface area contributed by atoms with Gasteiger partial charge in [-0.15, -0.1) is 0 Å². The summed E-state index contributed by atoms with van der Waals surface area (Å²) in [6.45, 7) is 0.800. The van der Waals surface area contributed by atoms with E-state index in [4.69, 9.17) is 0 Å². The van der Waals surface area contributed by atoms with Crippen molar-refractivity contribution < 1.29 is 4.79 Å². The number of likely N-dealkylation sites (N-methyl/N-ethyl adjacent to an activating group) is 1. The van der Waals surface area contributed by atoms with Gasteiger partial charge in [-0.1, -0.05) is 0 Å². The number of nitrogens with one attached hydrogen (secondary N) is 1. The lowest BCUT2D eigenvalue weighted by atomic mass is 10.2. The maximum atomic E-state index is 12.6. The maximum absolute atomic E-state index is 12.6. The van der Waals surface area contributed by atoms with E-state index in [1.807, 2.05) is 73.4 Å². The lowest BCUT2D eigenvalue weighted by Crippen LogP contribution is -2.22. The fraction of sp³-hybridized carbons (Fsp3) is 0.227. The van der Waals surface area contributed by atoms with Gasteiger partial charge in [0.2, 0.25) is 0 Å². The first-order chi connectivity index (χ1) is 13.5. The van der Waals surface area contributed by atoms with Crippen molar-refractivity contribution in [1.29, 1.82) is 0 Å². The van der Waals surface area contributed by atoms with E-state index in [1.165, 1.54) is 5.56 Å². The Balaban J connectivity index is 1.63. The minimum atomic E-state index is -0.149. The van der Waals surface area contributed by atoms with Crippen LogP contribution in [0.5, 0.6) is 0 Å². The van der Waals surface area contributed by atoms with Crippen LogP contribution in [0.2, 0.25) is 0 Å². The van der Waals surface area contributed by atoms with Crippen molar-refractivity contribution in [3.63, 3.8) is 0 Å². The molecule has 0 aliphatic heterocycles. The van der Waals surface area contributed by atoms with Gasteiger partial charge in [-0.2, -0.15) is 0 Å². The van der Waals surface area contributed by atoms with Gasteiger partial charge >= 0.3 is 0 Å². The van der Waals surface area contributed by atoms with Gasteiger partial charge in [0.05, 0.1) is 0 Å². The van der Waals surface area contributed by atoms with Crippen LogP contribution in [0, 0.1) is 0 Å². The van der Waals surface area contributed by atoms with Crippen LogP contribution in [-0.4, -0.2) is 43.6 Å². The molecule has 3 rings (SSSR count). The van der Waals surface area contributed by atoms with Crippen molar-refractivity contribution in [2.45, 2.75) is 6.42 Å². The normalized spacial score (nSPS) is 10.4. The first-order valence-corrected chi connectivity index (χ1v) is 9.18. The number of anilines is 3. The lowest BCUT2D eigenvalue weighted by molar-refractivity contribution is 0.102. The van der Waals surface area contributed by atoms with E-state index in [0.29, 0.717) is 5.56 Å². The molecular formula is C22H25N5O. The molecule has 0 saturated carbocycles. The fourth-order valence-corrected chi connectivity index (χ4v) is 2.78. The number of nitrogens with zero attached hydrogens (tertiary/aromatic N) is 4. The zero-order valence-corrected chi connectivity index (χ0v) is 16.5. The molecule has 3 aromatic rings. The van der Waals surface area contributed by atoms with Gasteiger partial charge in [-0.3, -0.25) is 9.78 Å². The quantitative estimate of drug-likeness (QED) is 0.685. The van der Waals surface area contributed by atoms with Gasteiger partial charge in [-0.05, 0) is 60.5 Å². The minimum absolute atomic E-state index is 0.149. The highest BCUT2D eigenvalue weighted by Crippen LogP contribution is 2.18. The standard InChI is InChI=1S/C22H25N5O/c1-26(2)20-6-4-19(5-7-20)25-22(28)18-10-14-24-21(16-18)27(3)15-11-17-8-12-23-13-9-17/h4-10,12-14,16H,11,15H2,1-3H3,(H,25,28). The molecule has 2 heterocycles. The topological polar surface area (TPSA) is 61.4 Å². The van der Waals surface area contributed by atoms with Crippen molar-refractivity contribution >= 4 is 23.1 Å². The second kappa shape index (κ2) is 8.99. The Kier molecular flexibility index (Phi) is 6.22. The molecule has 1 N–H and O–H groups in total. The summed E-state index contributed by atoms with van der Waals surface area (Å²) in [5.41, 5.74) is 3.65. The van der Waals surface area contributed by atoms with Gasteiger partial charge in [-0.25, -0.2) is 4.98 Å². The van der Waals surface area contributed by atoms with Crippen LogP contribution in [-0.2, 0) is 6.42 Å². The summed E-state index contributed by atoms with van der Waals surface area (Å²) < 4.78 is 0. The SMILES string of the molecule is CN(C)c1ccc(NC(=O)c2ccnc(N(C)CCc3ccncc3)c2)cc1. The molecule has 0 radical (unpaired) electrons. The first-order valence-electron chi connectivity index (χ1n) is 9.18. The molecule has 1 aromatic carbocycles. The van der Waals surface area contributed by atoms with E-state index in [-0.39, 0.29) is 5.91 Å². The van der Waals surface area contributed by atoms with E-state index >= 15 is 0 Å². The van der Waals surface area contributed by atoms with E-state index in [1.54, 1.807) is 24.7 Å². The number of amides is 1. The van der Waals surface area contributed by atoms with Crippen LogP contribution in [0.15, 0.2) is 67.1 Å². The van der Waals surface area contributed by atoms with Crippen LogP contribution in [0.4, 0.5) is 17.2 Å². The van der Waals surface area contributed by atoms with Crippen LogP contribution in [0.1, 0.15) is 15.9 Å². The highest BCUT2D eigenvalue weighted by Gasteiger charge is 2.10. The molecule has 0 spiro atoms. The molecule has 0 aliphatic rings. The van der Waals surface area contributed by atoms with Crippen LogP contribution >= 0.6 is 0 Å². The second-order valence-corrected chi connectivity index (χ2v) is 6.83. The van der Waals surface area contributed by atoms with Crippen molar-refractivity contribution in [2.75, 3.05) is 42.8 Å². The van der Waals surface area contributed by atoms with Crippen LogP contribution in [0.25, 0.3) is 0 Å². The van der Waals surface area contributed by atoms with E-state index in [9.17, 15) is 4.79 Å². The first kappa shape index (κ1) is 19.4. The molecule has 6 heteroatoms. The number of aromatic nitrogens is 2. The number of hydrogen-bond acceptors (Lipinski definition) is 5. The highest BCUT2D eigenvalue weighted by atomic mass is 16.1. The Morgan fingerprint density at radius 3 is 2.36 bits per heavy atom. The number of benzene rings is 1. The maximum Gasteiger partial charge on any atom is 0.255 e. The van der Waals surface area contributed by atoms with Crippen molar-refractivity contribution in [2.24, 2.45) is 0 Å². The molecule has 28 heavy (non-hydrogen) atoms. The Hall–Kier alpha value is -3.41. The molecule has 0 saturated heterocycles. The van der Waals surface area contributed by atoms with E-state index < -0.39 is 0 Å². The number of rotatable bonds is 7. The van der Waals surface area contributed by atoms with Gasteiger partial charge in [0, 0.05) is 63.2 Å². The minimum Gasteiger partial charge on any atom is -0.378 e. The monoisotopic (exact) mass is 375 g/mol. The smallest absolute Gasteiger partial charge is 0.255 e. The Morgan fingerprint density at radius 1 is 0.964 bits per heavy atom. The molecule has 0 fully saturated rings. The van der Waals surface area contributed by atoms with Gasteiger partial charge in [0.25, 0.3) is 5.91 Å². The summed E-state index contributed by atoms with van der Waals surface area (Å²) >= 11 is 0. The number of pyridine rings is 2. The Bertz CT molecular complexity index is 910. The number of carbonyl (C=O) groups is 1. The Labute approximate surface area is 165 Å². The predicted molar refractivity (Wildman–Crippen MR) is 114 cm³/mol. The van der Waals surface area contributed by atoms with Crippen molar-refractivity contribution in [1.82, 2.24) is 9.97 Å². The van der Waals surface area contributed by atoms with Gasteiger partial charge < -0.3 is 15.1 Å². The van der Waals surface area contributed by atoms with Crippen molar-refractivity contribution in [3.8, 4) is 0 Å². The molecule has 144 valence electrons. The summed E-state index contributed by atoms with van der Waals surface area (Å²) in [5.74, 6) is 0.619. The highest BCUT2D eigenvalue weighted by molar-refractivity contribution is 6.04. The van der Waals surface area contributed by atoms with Crippen LogP contribution in [0.3, 0.4) is 0 Å². The molecule has 0 bridgehead atoms. The molecular weight excluding hydrogens is 350 g/mol. The third kappa shape index (κ3) is 5.07. The predicted octanol–water partition coefficient (Wildman–Crippen LogP) is 3.47. The van der Waals surface area contributed by atoms with Gasteiger partial charge in [0.15, 0.2) is 0 Å². The fourth-order valence-electron chi connectivity index (χ4n) is 2.78. The summed E-state index contributed by atoms with van der Waals surface area (Å²) in [6, 6.07) is 15.3. The second-order valence-electron chi connectivity index (χ2n) is 6.83. The zero-order valence-electron chi connectivity index (χ0n) is 16.5. The molecule has 0 atom stereocenters. The summed E-state index contributed by atoms with van der Waals surface area (Å²) in [4.78, 5) is 25.1. The molecule has 1 amide bonds. The van der Waals surface area contributed by atoms with Gasteiger partial charge in [0.1, 0.15) is 5.82 Å². The lowest BCUT2D eigenvalue weighted by Gasteiger charge is -2.18. The zero-order chi connectivity index (χ0) is 19.9. The summed E-state index contributed by atoms with van der Waals surface area (Å²) in [7, 11) is 5.94. The Morgan fingerprint density at radius 2 is 1.68 bits per heavy atom. The summed E-state index contributed by atoms with van der Waals surface area (Å²) in [6.07, 6.45) is 6.14. The van der Waals surface area contributed by atoms with Crippen molar-refractivity contribution in [3.05, 3.63) is 78.2 Å². The molecule has 2 aromatic heterocycles. The van der Waals surface area contributed by atoms with E-state index in [0.717, 1.165) is 30.2 Å². The average molecular weight is 375 g/mol.